The van der Waals surface area contributed by atoms with E-state index in [4.69, 9.17) is 15.9 Å². The molecule has 3 N–H and O–H groups in total. The number of nitrogens with one attached hydrogen (secondary N) is 1. The highest BCUT2D eigenvalue weighted by Crippen LogP contribution is 1.93. The van der Waals surface area contributed by atoms with Gasteiger partial charge in [0.05, 0.1) is 12.8 Å². The van der Waals surface area contributed by atoms with E-state index in [1.165, 1.54) is 7.11 Å². The second-order valence-corrected chi connectivity index (χ2v) is 1.36. The first kappa shape index (κ1) is 7.01. The number of methoxy groups -OCH3 is 1. The zero-order valence-electron chi connectivity index (χ0n) is 5.06. The van der Waals surface area contributed by atoms with Crippen LogP contribution in [0.2, 0.25) is 0 Å². The van der Waals surface area contributed by atoms with E-state index in [1.54, 1.807) is 6.92 Å². The monoisotopic (exact) mass is 114 g/mol. The van der Waals surface area contributed by atoms with Crippen LogP contribution in [0.1, 0.15) is 6.92 Å². The molecule has 0 bridgehead atoms. The Bertz CT molecular complexity index is 118. The highest BCUT2D eigenvalue weighted by molar-refractivity contribution is 5.74. The first-order valence-electron chi connectivity index (χ1n) is 2.23. The Labute approximate surface area is 48.6 Å². The Balaban J connectivity index is 4.03. The molecule has 0 aromatic heterocycles. The summed E-state index contributed by atoms with van der Waals surface area (Å²) in [5.41, 5.74) is 5.61. The summed E-state index contributed by atoms with van der Waals surface area (Å²) < 4.78 is 4.71. The van der Waals surface area contributed by atoms with Crippen LogP contribution in [0.15, 0.2) is 11.5 Å². The van der Waals surface area contributed by atoms with E-state index in [0.29, 0.717) is 11.5 Å². The smallest absolute Gasteiger partial charge is 0.117 e. The van der Waals surface area contributed by atoms with Gasteiger partial charge in [-0.15, -0.1) is 0 Å². The maximum atomic E-state index is 6.65. The van der Waals surface area contributed by atoms with E-state index in [1.807, 2.05) is 0 Å². The second kappa shape index (κ2) is 3.07. The van der Waals surface area contributed by atoms with Gasteiger partial charge in [0.25, 0.3) is 0 Å². The van der Waals surface area contributed by atoms with Gasteiger partial charge in [-0.05, 0) is 6.92 Å². The molecule has 0 fully saturated rings. The second-order valence-electron chi connectivity index (χ2n) is 1.36. The van der Waals surface area contributed by atoms with Crippen molar-refractivity contribution in [2.24, 2.45) is 5.73 Å². The van der Waals surface area contributed by atoms with Gasteiger partial charge in [-0.3, -0.25) is 0 Å². The standard InChI is InChI=1S/C5H10N2O/c1-4(8-2)5(7)3-6/h3,6H,7H2,1-2H3/b5-4-,6-3?. The normalized spacial score (nSPS) is 12.2. The minimum Gasteiger partial charge on any atom is -0.499 e. The summed E-state index contributed by atoms with van der Waals surface area (Å²) in [7, 11) is 1.52. The van der Waals surface area contributed by atoms with Gasteiger partial charge in [0.2, 0.25) is 0 Å². The molecule has 3 heteroatoms. The molecule has 0 radical (unpaired) electrons. The molecule has 0 aromatic carbocycles. The molecule has 0 rings (SSSR count). The van der Waals surface area contributed by atoms with Gasteiger partial charge in [-0.25, -0.2) is 0 Å². The lowest BCUT2D eigenvalue weighted by Gasteiger charge is -1.98. The highest BCUT2D eigenvalue weighted by Gasteiger charge is 1.88. The van der Waals surface area contributed by atoms with Crippen LogP contribution < -0.4 is 5.73 Å². The van der Waals surface area contributed by atoms with Crippen molar-refractivity contribution < 1.29 is 4.74 Å². The lowest BCUT2D eigenvalue weighted by molar-refractivity contribution is 0.290. The molecule has 0 atom stereocenters. The fourth-order valence-corrected chi connectivity index (χ4v) is 0.219. The highest BCUT2D eigenvalue weighted by atomic mass is 16.5. The average Bonchev–Trinajstić information content (AvgIpc) is 1.84. The van der Waals surface area contributed by atoms with Gasteiger partial charge in [0.1, 0.15) is 5.76 Å². The molecule has 0 heterocycles. The van der Waals surface area contributed by atoms with Crippen molar-refractivity contribution >= 4 is 6.21 Å². The molecule has 0 aliphatic heterocycles. The zero-order valence-corrected chi connectivity index (χ0v) is 5.06. The van der Waals surface area contributed by atoms with Gasteiger partial charge in [-0.2, -0.15) is 0 Å². The topological polar surface area (TPSA) is 59.1 Å². The van der Waals surface area contributed by atoms with Gasteiger partial charge >= 0.3 is 0 Å². The van der Waals surface area contributed by atoms with Gasteiger partial charge < -0.3 is 15.9 Å². The molecule has 0 saturated heterocycles. The van der Waals surface area contributed by atoms with E-state index in [9.17, 15) is 0 Å². The number of rotatable bonds is 2. The molecule has 46 valence electrons. The van der Waals surface area contributed by atoms with Crippen LogP contribution in [-0.2, 0) is 4.74 Å². The third kappa shape index (κ3) is 1.64. The van der Waals surface area contributed by atoms with Crippen molar-refractivity contribution in [2.45, 2.75) is 6.92 Å². The van der Waals surface area contributed by atoms with Gasteiger partial charge in [-0.1, -0.05) is 0 Å². The van der Waals surface area contributed by atoms with Crippen LogP contribution in [0.3, 0.4) is 0 Å². The summed E-state index contributed by atoms with van der Waals surface area (Å²) in [6.07, 6.45) is 1.05. The van der Waals surface area contributed by atoms with Crippen molar-refractivity contribution in [3.8, 4) is 0 Å². The Morgan fingerprint density at radius 1 is 1.75 bits per heavy atom. The SMILES string of the molecule is CO/C(C)=C(\N)C=N. The molecular formula is C5H10N2O. The lowest BCUT2D eigenvalue weighted by Crippen LogP contribution is -2.02. The van der Waals surface area contributed by atoms with Gasteiger partial charge in [0, 0.05) is 6.21 Å². The molecule has 0 saturated carbocycles. The number of hydrogen-bond acceptors (Lipinski definition) is 3. The maximum Gasteiger partial charge on any atom is 0.117 e. The molecule has 3 nitrogen and oxygen atoms in total. The molecule has 8 heavy (non-hydrogen) atoms. The van der Waals surface area contributed by atoms with Crippen LogP contribution >= 0.6 is 0 Å². The van der Waals surface area contributed by atoms with Crippen molar-refractivity contribution in [1.29, 1.82) is 5.41 Å². The van der Waals surface area contributed by atoms with Crippen molar-refractivity contribution in [3.63, 3.8) is 0 Å². The summed E-state index contributed by atoms with van der Waals surface area (Å²) in [5, 5.41) is 6.65. The molecule has 0 spiro atoms. The van der Waals surface area contributed by atoms with Crippen molar-refractivity contribution in [2.75, 3.05) is 7.11 Å². The van der Waals surface area contributed by atoms with Gasteiger partial charge in [0.15, 0.2) is 0 Å². The van der Waals surface area contributed by atoms with E-state index in [0.717, 1.165) is 6.21 Å². The van der Waals surface area contributed by atoms with E-state index < -0.39 is 0 Å². The van der Waals surface area contributed by atoms with E-state index in [-0.39, 0.29) is 0 Å². The minimum absolute atomic E-state index is 0.368. The molecule has 0 aliphatic carbocycles. The van der Waals surface area contributed by atoms with Crippen molar-refractivity contribution in [1.82, 2.24) is 0 Å². The van der Waals surface area contributed by atoms with E-state index in [2.05, 4.69) is 0 Å². The van der Waals surface area contributed by atoms with Crippen LogP contribution in [-0.4, -0.2) is 13.3 Å². The Morgan fingerprint density at radius 3 is 2.38 bits per heavy atom. The summed E-state index contributed by atoms with van der Waals surface area (Å²) in [4.78, 5) is 0. The van der Waals surface area contributed by atoms with Crippen LogP contribution in [0.4, 0.5) is 0 Å². The molecule has 0 amide bonds. The number of hydrogen-bond donors (Lipinski definition) is 2. The average molecular weight is 114 g/mol. The first-order valence-corrected chi connectivity index (χ1v) is 2.23. The van der Waals surface area contributed by atoms with Crippen molar-refractivity contribution in [3.05, 3.63) is 11.5 Å². The maximum absolute atomic E-state index is 6.65. The minimum atomic E-state index is 0.368. The Kier molecular flexibility index (Phi) is 2.69. The van der Waals surface area contributed by atoms with Crippen LogP contribution in [0.5, 0.6) is 0 Å². The molecule has 0 aliphatic rings. The molecule has 0 unspecified atom stereocenters. The fraction of sp³-hybridized carbons (Fsp3) is 0.400. The zero-order chi connectivity index (χ0) is 6.57. The predicted octanol–water partition coefficient (Wildman–Crippen LogP) is 0.473. The Morgan fingerprint density at radius 2 is 2.25 bits per heavy atom. The first-order chi connectivity index (χ1) is 3.72. The quantitative estimate of drug-likeness (QED) is 0.405. The number of ether oxygens (including phenoxy) is 1. The third-order valence-corrected chi connectivity index (χ3v) is 0.868. The molecular weight excluding hydrogens is 104 g/mol. The lowest BCUT2D eigenvalue weighted by atomic mass is 10.4. The fourth-order valence-electron chi connectivity index (χ4n) is 0.219. The number of nitrogens with two attached hydrogens (primary N) is 1. The van der Waals surface area contributed by atoms with E-state index >= 15 is 0 Å². The van der Waals surface area contributed by atoms with Crippen LogP contribution in [0, 0.1) is 5.41 Å². The predicted molar refractivity (Wildman–Crippen MR) is 32.7 cm³/mol. The summed E-state index contributed by atoms with van der Waals surface area (Å²) >= 11 is 0. The number of allylic oxidation sites excluding steroid dienone is 2. The van der Waals surface area contributed by atoms with Crippen LogP contribution in [0.25, 0.3) is 0 Å². The Hall–Kier alpha value is -0.990. The summed E-state index contributed by atoms with van der Waals surface area (Å²) in [6.45, 7) is 1.71. The third-order valence-electron chi connectivity index (χ3n) is 0.868. The largest absolute Gasteiger partial charge is 0.499 e. The summed E-state index contributed by atoms with van der Waals surface area (Å²) in [6, 6.07) is 0. The molecule has 0 aromatic rings. The summed E-state index contributed by atoms with van der Waals surface area (Å²) in [5.74, 6) is 0.583.